The molecular formula is C12H17N3O2. The predicted molar refractivity (Wildman–Crippen MR) is 63.5 cm³/mol. The highest BCUT2D eigenvalue weighted by Crippen LogP contribution is 2.04. The quantitative estimate of drug-likeness (QED) is 0.754. The normalized spacial score (nSPS) is 23.6. The second kappa shape index (κ2) is 5.75. The largest absolute Gasteiger partial charge is 0.378 e. The van der Waals surface area contributed by atoms with Crippen LogP contribution in [0.1, 0.15) is 5.69 Å². The summed E-state index contributed by atoms with van der Waals surface area (Å²) in [6.07, 6.45) is 2.06. The van der Waals surface area contributed by atoms with Crippen molar-refractivity contribution >= 4 is 5.91 Å². The highest BCUT2D eigenvalue weighted by Gasteiger charge is 2.27. The molecule has 1 amide bonds. The summed E-state index contributed by atoms with van der Waals surface area (Å²) in [7, 11) is 1.66. The van der Waals surface area contributed by atoms with Crippen LogP contribution in [-0.4, -0.2) is 43.2 Å². The number of pyridine rings is 1. The molecule has 92 valence electrons. The number of rotatable bonds is 4. The molecule has 2 heterocycles. The maximum Gasteiger partial charge on any atom is 0.226 e. The molecule has 1 aliphatic rings. The SMILES string of the molecule is CO[C@@H]1CNCC1NC(=O)Cc1ccccn1. The lowest BCUT2D eigenvalue weighted by molar-refractivity contribution is -0.121. The van der Waals surface area contributed by atoms with Gasteiger partial charge in [-0.05, 0) is 12.1 Å². The first-order valence-electron chi connectivity index (χ1n) is 5.72. The monoisotopic (exact) mass is 235 g/mol. The van der Waals surface area contributed by atoms with Gasteiger partial charge in [-0.3, -0.25) is 9.78 Å². The van der Waals surface area contributed by atoms with Crippen molar-refractivity contribution in [2.45, 2.75) is 18.6 Å². The Morgan fingerprint density at radius 3 is 3.18 bits per heavy atom. The standard InChI is InChI=1S/C12H17N3O2/c1-17-11-8-13-7-10(11)15-12(16)6-9-4-2-3-5-14-9/h2-5,10-11,13H,6-8H2,1H3,(H,15,16)/t10?,11-/m1/s1. The maximum atomic E-state index is 11.8. The molecule has 17 heavy (non-hydrogen) atoms. The minimum Gasteiger partial charge on any atom is -0.378 e. The Morgan fingerprint density at radius 1 is 1.59 bits per heavy atom. The summed E-state index contributed by atoms with van der Waals surface area (Å²) in [6.45, 7) is 1.54. The van der Waals surface area contributed by atoms with Gasteiger partial charge in [0.2, 0.25) is 5.91 Å². The molecule has 0 spiro atoms. The number of nitrogens with zero attached hydrogens (tertiary/aromatic N) is 1. The molecule has 0 aliphatic carbocycles. The average molecular weight is 235 g/mol. The van der Waals surface area contributed by atoms with Crippen LogP contribution in [-0.2, 0) is 16.0 Å². The Labute approximate surface area is 101 Å². The van der Waals surface area contributed by atoms with Crippen molar-refractivity contribution in [3.63, 3.8) is 0 Å². The lowest BCUT2D eigenvalue weighted by atomic mass is 10.2. The summed E-state index contributed by atoms with van der Waals surface area (Å²) in [5.41, 5.74) is 0.782. The molecule has 0 radical (unpaired) electrons. The van der Waals surface area contributed by atoms with E-state index in [4.69, 9.17) is 4.74 Å². The number of aromatic nitrogens is 1. The number of carbonyl (C=O) groups is 1. The minimum atomic E-state index is -0.0144. The zero-order valence-corrected chi connectivity index (χ0v) is 9.85. The first-order chi connectivity index (χ1) is 8.29. The second-order valence-electron chi connectivity index (χ2n) is 4.10. The summed E-state index contributed by atoms with van der Waals surface area (Å²) in [4.78, 5) is 15.9. The summed E-state index contributed by atoms with van der Waals surface area (Å²) in [6, 6.07) is 5.62. The van der Waals surface area contributed by atoms with Crippen LogP contribution in [0.2, 0.25) is 0 Å². The second-order valence-corrected chi connectivity index (χ2v) is 4.10. The smallest absolute Gasteiger partial charge is 0.226 e. The van der Waals surface area contributed by atoms with Crippen molar-refractivity contribution in [2.75, 3.05) is 20.2 Å². The van der Waals surface area contributed by atoms with Crippen LogP contribution >= 0.6 is 0 Å². The first kappa shape index (κ1) is 12.0. The Kier molecular flexibility index (Phi) is 4.06. The Bertz CT molecular complexity index is 369. The van der Waals surface area contributed by atoms with Gasteiger partial charge in [-0.25, -0.2) is 0 Å². The summed E-state index contributed by atoms with van der Waals surface area (Å²) < 4.78 is 5.28. The zero-order chi connectivity index (χ0) is 12.1. The number of hydrogen-bond donors (Lipinski definition) is 2. The summed E-state index contributed by atoms with van der Waals surface area (Å²) in [5, 5.41) is 6.15. The highest BCUT2D eigenvalue weighted by molar-refractivity contribution is 5.78. The van der Waals surface area contributed by atoms with Crippen LogP contribution in [0.3, 0.4) is 0 Å². The van der Waals surface area contributed by atoms with E-state index in [0.717, 1.165) is 18.8 Å². The molecular weight excluding hydrogens is 218 g/mol. The number of methoxy groups -OCH3 is 1. The molecule has 0 aromatic carbocycles. The fourth-order valence-electron chi connectivity index (χ4n) is 1.97. The molecule has 2 atom stereocenters. The van der Waals surface area contributed by atoms with Gasteiger partial charge in [0.05, 0.1) is 18.6 Å². The van der Waals surface area contributed by atoms with Crippen LogP contribution < -0.4 is 10.6 Å². The van der Waals surface area contributed by atoms with E-state index in [1.54, 1.807) is 13.3 Å². The van der Waals surface area contributed by atoms with E-state index in [2.05, 4.69) is 15.6 Å². The van der Waals surface area contributed by atoms with Crippen LogP contribution in [0.4, 0.5) is 0 Å². The van der Waals surface area contributed by atoms with E-state index >= 15 is 0 Å². The average Bonchev–Trinajstić information content (AvgIpc) is 2.77. The summed E-state index contributed by atoms with van der Waals surface area (Å²) in [5.74, 6) is -0.0144. The van der Waals surface area contributed by atoms with Gasteiger partial charge in [0.25, 0.3) is 0 Å². The lowest BCUT2D eigenvalue weighted by Gasteiger charge is -2.18. The molecule has 2 N–H and O–H groups in total. The van der Waals surface area contributed by atoms with Crippen LogP contribution in [0, 0.1) is 0 Å². The van der Waals surface area contributed by atoms with Gasteiger partial charge in [0.15, 0.2) is 0 Å². The molecule has 0 saturated carbocycles. The molecule has 1 aromatic rings. The number of amides is 1. The van der Waals surface area contributed by atoms with E-state index in [1.165, 1.54) is 0 Å². The van der Waals surface area contributed by atoms with Crippen molar-refractivity contribution < 1.29 is 9.53 Å². The third-order valence-corrected chi connectivity index (χ3v) is 2.88. The van der Waals surface area contributed by atoms with E-state index < -0.39 is 0 Å². The van der Waals surface area contributed by atoms with Crippen LogP contribution in [0.25, 0.3) is 0 Å². The van der Waals surface area contributed by atoms with Crippen molar-refractivity contribution in [3.8, 4) is 0 Å². The van der Waals surface area contributed by atoms with Gasteiger partial charge in [-0.1, -0.05) is 6.07 Å². The van der Waals surface area contributed by atoms with Gasteiger partial charge >= 0.3 is 0 Å². The molecule has 1 saturated heterocycles. The Morgan fingerprint density at radius 2 is 2.47 bits per heavy atom. The third kappa shape index (κ3) is 3.25. The van der Waals surface area contributed by atoms with Crippen LogP contribution in [0.5, 0.6) is 0 Å². The van der Waals surface area contributed by atoms with Crippen molar-refractivity contribution in [1.82, 2.24) is 15.6 Å². The molecule has 0 bridgehead atoms. The van der Waals surface area contributed by atoms with E-state index in [9.17, 15) is 4.79 Å². The molecule has 1 unspecified atom stereocenters. The number of hydrogen-bond acceptors (Lipinski definition) is 4. The van der Waals surface area contributed by atoms with Crippen LogP contribution in [0.15, 0.2) is 24.4 Å². The summed E-state index contributed by atoms with van der Waals surface area (Å²) >= 11 is 0. The molecule has 1 aliphatic heterocycles. The molecule has 5 nitrogen and oxygen atoms in total. The zero-order valence-electron chi connectivity index (χ0n) is 9.85. The van der Waals surface area contributed by atoms with Crippen molar-refractivity contribution in [3.05, 3.63) is 30.1 Å². The van der Waals surface area contributed by atoms with Gasteiger partial charge in [-0.2, -0.15) is 0 Å². The fraction of sp³-hybridized carbons (Fsp3) is 0.500. The first-order valence-corrected chi connectivity index (χ1v) is 5.72. The topological polar surface area (TPSA) is 63.2 Å². The number of nitrogens with one attached hydrogen (secondary N) is 2. The third-order valence-electron chi connectivity index (χ3n) is 2.88. The number of carbonyl (C=O) groups excluding carboxylic acids is 1. The molecule has 5 heteroatoms. The van der Waals surface area contributed by atoms with Gasteiger partial charge in [0, 0.05) is 32.1 Å². The highest BCUT2D eigenvalue weighted by atomic mass is 16.5. The lowest BCUT2D eigenvalue weighted by Crippen LogP contribution is -2.44. The fourth-order valence-corrected chi connectivity index (χ4v) is 1.97. The minimum absolute atomic E-state index is 0.0144. The predicted octanol–water partition coefficient (Wildman–Crippen LogP) is -0.273. The molecule has 2 rings (SSSR count). The molecule has 1 aromatic heterocycles. The van der Waals surface area contributed by atoms with Gasteiger partial charge in [-0.15, -0.1) is 0 Å². The Balaban J connectivity index is 1.85. The van der Waals surface area contributed by atoms with E-state index in [-0.39, 0.29) is 18.1 Å². The van der Waals surface area contributed by atoms with Crippen molar-refractivity contribution in [1.29, 1.82) is 0 Å². The maximum absolute atomic E-state index is 11.8. The van der Waals surface area contributed by atoms with Gasteiger partial charge < -0.3 is 15.4 Å². The molecule has 1 fully saturated rings. The Hall–Kier alpha value is -1.46. The van der Waals surface area contributed by atoms with Crippen molar-refractivity contribution in [2.24, 2.45) is 0 Å². The van der Waals surface area contributed by atoms with Gasteiger partial charge in [0.1, 0.15) is 0 Å². The number of ether oxygens (including phenoxy) is 1. The van der Waals surface area contributed by atoms with E-state index in [0.29, 0.717) is 6.42 Å². The van der Waals surface area contributed by atoms with E-state index in [1.807, 2.05) is 18.2 Å².